The molecule has 1 unspecified atom stereocenters. The highest BCUT2D eigenvalue weighted by Crippen LogP contribution is 2.48. The quantitative estimate of drug-likeness (QED) is 0.181. The number of rotatable bonds is 8. The van der Waals surface area contributed by atoms with Gasteiger partial charge in [-0.25, -0.2) is 0 Å². The summed E-state index contributed by atoms with van der Waals surface area (Å²) in [5.41, 5.74) is 3.77. The SMILES string of the molecule is O=C1c2ccc(N3CCCC3C(F)(F)F)c3cccc(c23)N1c1ccc(OCc2ccccc2)nc1OCc1ccccc1. The first-order valence-electron chi connectivity index (χ1n) is 14.5. The van der Waals surface area contributed by atoms with Gasteiger partial charge in [0.2, 0.25) is 11.8 Å². The predicted molar refractivity (Wildman–Crippen MR) is 163 cm³/mol. The highest BCUT2D eigenvalue weighted by molar-refractivity contribution is 6.29. The summed E-state index contributed by atoms with van der Waals surface area (Å²) in [5.74, 6) is 0.230. The van der Waals surface area contributed by atoms with Crippen molar-refractivity contribution in [2.45, 2.75) is 38.3 Å². The Kier molecular flexibility index (Phi) is 7.08. The predicted octanol–water partition coefficient (Wildman–Crippen LogP) is 8.22. The highest BCUT2D eigenvalue weighted by atomic mass is 19.4. The summed E-state index contributed by atoms with van der Waals surface area (Å²) >= 11 is 0. The number of hydrogen-bond acceptors (Lipinski definition) is 5. The first kappa shape index (κ1) is 27.8. The second-order valence-electron chi connectivity index (χ2n) is 10.9. The average molecular weight is 596 g/mol. The van der Waals surface area contributed by atoms with Crippen LogP contribution in [0.4, 0.5) is 30.2 Å². The largest absolute Gasteiger partial charge is 0.473 e. The van der Waals surface area contributed by atoms with Gasteiger partial charge in [0.25, 0.3) is 5.91 Å². The molecule has 9 heteroatoms. The van der Waals surface area contributed by atoms with Crippen molar-refractivity contribution in [2.75, 3.05) is 16.3 Å². The number of aromatic nitrogens is 1. The number of pyridine rings is 1. The lowest BCUT2D eigenvalue weighted by molar-refractivity contribution is -0.145. The molecule has 3 heterocycles. The number of benzene rings is 4. The minimum atomic E-state index is -4.35. The molecule has 1 fully saturated rings. The molecule has 0 spiro atoms. The lowest BCUT2D eigenvalue weighted by atomic mass is 10.0. The van der Waals surface area contributed by atoms with Crippen LogP contribution in [0.15, 0.2) is 103 Å². The standard InChI is InChI=1S/C35H28F3N3O3/c36-35(37,38)30-15-8-20-40(30)27-17-16-26-32-25(27)13-7-14-28(32)41(34(26)42)29-18-19-31(43-21-23-9-3-1-4-10-23)39-33(29)44-22-24-11-5-2-6-12-24/h1-7,9-14,16-19,30H,8,15,20-22H2. The maximum atomic E-state index is 14.0. The van der Waals surface area contributed by atoms with Gasteiger partial charge in [0.1, 0.15) is 24.9 Å². The molecular weight excluding hydrogens is 567 g/mol. The third-order valence-electron chi connectivity index (χ3n) is 8.11. The van der Waals surface area contributed by atoms with Crippen LogP contribution in [0.1, 0.15) is 34.3 Å². The molecule has 222 valence electrons. The monoisotopic (exact) mass is 595 g/mol. The zero-order chi connectivity index (χ0) is 30.3. The molecule has 5 aromatic rings. The van der Waals surface area contributed by atoms with Crippen molar-refractivity contribution in [3.05, 3.63) is 120 Å². The summed E-state index contributed by atoms with van der Waals surface area (Å²) in [6.45, 7) is 0.809. The lowest BCUT2D eigenvalue weighted by Gasteiger charge is -2.29. The number of ether oxygens (including phenoxy) is 2. The summed E-state index contributed by atoms with van der Waals surface area (Å²) in [6.07, 6.45) is -3.85. The molecule has 0 aliphatic carbocycles. The normalized spacial score (nSPS) is 16.2. The Hall–Kier alpha value is -5.05. The zero-order valence-corrected chi connectivity index (χ0v) is 23.6. The molecule has 44 heavy (non-hydrogen) atoms. The van der Waals surface area contributed by atoms with Crippen LogP contribution in [0.25, 0.3) is 10.8 Å². The summed E-state index contributed by atoms with van der Waals surface area (Å²) < 4.78 is 53.9. The number of carbonyl (C=O) groups is 1. The van der Waals surface area contributed by atoms with Gasteiger partial charge in [0, 0.05) is 29.1 Å². The van der Waals surface area contributed by atoms with Crippen LogP contribution >= 0.6 is 0 Å². The van der Waals surface area contributed by atoms with Crippen molar-refractivity contribution in [3.8, 4) is 11.8 Å². The van der Waals surface area contributed by atoms with Crippen LogP contribution in [-0.2, 0) is 13.2 Å². The maximum Gasteiger partial charge on any atom is 0.408 e. The first-order chi connectivity index (χ1) is 21.4. The van der Waals surface area contributed by atoms with Crippen LogP contribution in [-0.4, -0.2) is 29.7 Å². The molecule has 0 radical (unpaired) electrons. The summed E-state index contributed by atoms with van der Waals surface area (Å²) in [4.78, 5) is 21.6. The van der Waals surface area contributed by atoms with Gasteiger partial charge in [-0.05, 0) is 48.2 Å². The van der Waals surface area contributed by atoms with Gasteiger partial charge in [0.05, 0.1) is 11.3 Å². The van der Waals surface area contributed by atoms with E-state index in [9.17, 15) is 18.0 Å². The van der Waals surface area contributed by atoms with Crippen LogP contribution < -0.4 is 19.3 Å². The molecule has 0 N–H and O–H groups in total. The number of nitrogens with zero attached hydrogens (tertiary/aromatic N) is 3. The number of carbonyl (C=O) groups excluding carboxylic acids is 1. The summed E-state index contributed by atoms with van der Waals surface area (Å²) in [7, 11) is 0. The van der Waals surface area contributed by atoms with E-state index in [1.165, 1.54) is 9.80 Å². The van der Waals surface area contributed by atoms with Crippen molar-refractivity contribution in [1.29, 1.82) is 0 Å². The fourth-order valence-electron chi connectivity index (χ4n) is 6.08. The van der Waals surface area contributed by atoms with Crippen LogP contribution in [0.3, 0.4) is 0 Å². The average Bonchev–Trinajstić information content (AvgIpc) is 3.65. The zero-order valence-electron chi connectivity index (χ0n) is 23.6. The summed E-state index contributed by atoms with van der Waals surface area (Å²) in [6, 6.07) is 29.8. The van der Waals surface area contributed by atoms with Gasteiger partial charge in [-0.2, -0.15) is 18.2 Å². The molecule has 1 atom stereocenters. The third kappa shape index (κ3) is 5.08. The number of anilines is 3. The molecule has 6 nitrogen and oxygen atoms in total. The van der Waals surface area contributed by atoms with E-state index in [-0.39, 0.29) is 24.8 Å². The number of hydrogen-bond donors (Lipinski definition) is 0. The number of alkyl halides is 3. The Labute approximate surface area is 252 Å². The van der Waals surface area contributed by atoms with Gasteiger partial charge in [-0.1, -0.05) is 72.8 Å². The minimum Gasteiger partial charge on any atom is -0.473 e. The van der Waals surface area contributed by atoms with E-state index >= 15 is 0 Å². The van der Waals surface area contributed by atoms with E-state index in [2.05, 4.69) is 4.98 Å². The second kappa shape index (κ2) is 11.2. The number of amides is 1. The van der Waals surface area contributed by atoms with Crippen molar-refractivity contribution in [1.82, 2.24) is 4.98 Å². The minimum absolute atomic E-state index is 0.0456. The maximum absolute atomic E-state index is 14.0. The third-order valence-corrected chi connectivity index (χ3v) is 8.11. The van der Waals surface area contributed by atoms with E-state index in [1.807, 2.05) is 60.7 Å². The van der Waals surface area contributed by atoms with Crippen LogP contribution in [0.5, 0.6) is 11.8 Å². The van der Waals surface area contributed by atoms with E-state index in [1.54, 1.807) is 42.5 Å². The van der Waals surface area contributed by atoms with Gasteiger partial charge in [0.15, 0.2) is 0 Å². The van der Waals surface area contributed by atoms with Crippen molar-refractivity contribution < 1.29 is 27.4 Å². The van der Waals surface area contributed by atoms with E-state index in [0.717, 1.165) is 11.1 Å². The molecule has 1 amide bonds. The molecule has 1 aromatic heterocycles. The van der Waals surface area contributed by atoms with Crippen LogP contribution in [0, 0.1) is 0 Å². The highest BCUT2D eigenvalue weighted by Gasteiger charge is 2.46. The van der Waals surface area contributed by atoms with E-state index in [4.69, 9.17) is 9.47 Å². The van der Waals surface area contributed by atoms with Crippen molar-refractivity contribution in [3.63, 3.8) is 0 Å². The topological polar surface area (TPSA) is 54.9 Å². The molecule has 4 aromatic carbocycles. The Morgan fingerprint density at radius 3 is 2.14 bits per heavy atom. The smallest absolute Gasteiger partial charge is 0.408 e. The van der Waals surface area contributed by atoms with Gasteiger partial charge in [-0.15, -0.1) is 0 Å². The Balaban J connectivity index is 1.27. The van der Waals surface area contributed by atoms with Crippen molar-refractivity contribution >= 4 is 33.7 Å². The Morgan fingerprint density at radius 1 is 0.750 bits per heavy atom. The first-order valence-corrected chi connectivity index (χ1v) is 14.5. The fraction of sp³-hybridized carbons (Fsp3) is 0.200. The Morgan fingerprint density at radius 2 is 1.43 bits per heavy atom. The van der Waals surface area contributed by atoms with Crippen LogP contribution in [0.2, 0.25) is 0 Å². The van der Waals surface area contributed by atoms with Crippen molar-refractivity contribution in [2.24, 2.45) is 0 Å². The van der Waals surface area contributed by atoms with Gasteiger partial charge in [-0.3, -0.25) is 9.69 Å². The van der Waals surface area contributed by atoms with E-state index < -0.39 is 12.2 Å². The lowest BCUT2D eigenvalue weighted by Crippen LogP contribution is -2.41. The molecule has 7 rings (SSSR count). The molecule has 0 bridgehead atoms. The molecular formula is C35H28F3N3O3. The second-order valence-corrected chi connectivity index (χ2v) is 10.9. The molecule has 2 aliphatic heterocycles. The summed E-state index contributed by atoms with van der Waals surface area (Å²) in [5, 5.41) is 1.22. The molecule has 2 aliphatic rings. The van der Waals surface area contributed by atoms with E-state index in [0.29, 0.717) is 58.9 Å². The molecule has 0 saturated carbocycles. The van der Waals surface area contributed by atoms with Gasteiger partial charge >= 0.3 is 6.18 Å². The number of halogens is 3. The molecule has 1 saturated heterocycles. The Bertz CT molecular complexity index is 1830. The fourth-order valence-corrected chi connectivity index (χ4v) is 6.08. The van der Waals surface area contributed by atoms with Gasteiger partial charge < -0.3 is 14.4 Å².